The van der Waals surface area contributed by atoms with Gasteiger partial charge in [0.2, 0.25) is 0 Å². The molecule has 3 rings (SSSR count). The number of ether oxygens (including phenoxy) is 2. The van der Waals surface area contributed by atoms with Crippen molar-refractivity contribution in [3.05, 3.63) is 78.0 Å². The third-order valence-electron chi connectivity index (χ3n) is 6.62. The van der Waals surface area contributed by atoms with Gasteiger partial charge >= 0.3 is 5.97 Å². The topological polar surface area (TPSA) is 48.4 Å². The van der Waals surface area contributed by atoms with Crippen LogP contribution in [0.15, 0.2) is 66.9 Å². The van der Waals surface area contributed by atoms with E-state index in [4.69, 9.17) is 9.47 Å². The largest absolute Gasteiger partial charge is 0.492 e. The van der Waals surface area contributed by atoms with E-state index in [9.17, 15) is 4.79 Å². The molecule has 0 aliphatic rings. The minimum absolute atomic E-state index is 0.339. The first-order chi connectivity index (χ1) is 18.2. The number of carbonyl (C=O) groups excluding carboxylic acids is 1. The SMILES string of the molecule is CCCCCCCCCCc1ccc(C(=O)Oc2ccc(-c3ccc(OCCCCC)cn3)cc2)cc1. The highest BCUT2D eigenvalue weighted by molar-refractivity contribution is 5.91. The van der Waals surface area contributed by atoms with E-state index in [0.717, 1.165) is 36.5 Å². The van der Waals surface area contributed by atoms with Gasteiger partial charge in [0.15, 0.2) is 0 Å². The molecule has 0 saturated heterocycles. The fourth-order valence-corrected chi connectivity index (χ4v) is 4.31. The molecule has 0 amide bonds. The van der Waals surface area contributed by atoms with Crippen molar-refractivity contribution >= 4 is 5.97 Å². The van der Waals surface area contributed by atoms with E-state index in [-0.39, 0.29) is 5.97 Å². The van der Waals surface area contributed by atoms with Crippen molar-refractivity contribution in [1.29, 1.82) is 0 Å². The molecule has 3 aromatic rings. The van der Waals surface area contributed by atoms with Gasteiger partial charge in [-0.1, -0.05) is 83.8 Å². The summed E-state index contributed by atoms with van der Waals surface area (Å²) in [7, 11) is 0. The number of benzene rings is 2. The summed E-state index contributed by atoms with van der Waals surface area (Å²) in [5.74, 6) is 0.968. The monoisotopic (exact) mass is 501 g/mol. The fraction of sp³-hybridized carbons (Fsp3) is 0.455. The van der Waals surface area contributed by atoms with Crippen molar-refractivity contribution < 1.29 is 14.3 Å². The Morgan fingerprint density at radius 2 is 1.30 bits per heavy atom. The van der Waals surface area contributed by atoms with E-state index in [2.05, 4.69) is 18.8 Å². The zero-order valence-electron chi connectivity index (χ0n) is 22.7. The smallest absolute Gasteiger partial charge is 0.343 e. The van der Waals surface area contributed by atoms with Gasteiger partial charge in [0, 0.05) is 5.56 Å². The number of esters is 1. The van der Waals surface area contributed by atoms with Gasteiger partial charge in [-0.25, -0.2) is 4.79 Å². The normalized spacial score (nSPS) is 10.9. The van der Waals surface area contributed by atoms with Gasteiger partial charge in [-0.05, 0) is 73.4 Å². The summed E-state index contributed by atoms with van der Waals surface area (Å²) in [5, 5.41) is 0. The summed E-state index contributed by atoms with van der Waals surface area (Å²) in [6.07, 6.45) is 16.8. The average molecular weight is 502 g/mol. The molecular weight excluding hydrogens is 458 g/mol. The molecule has 0 aliphatic carbocycles. The van der Waals surface area contributed by atoms with Crippen LogP contribution in [-0.2, 0) is 6.42 Å². The van der Waals surface area contributed by atoms with Gasteiger partial charge < -0.3 is 9.47 Å². The van der Waals surface area contributed by atoms with Crippen LogP contribution in [0.1, 0.15) is 100 Å². The molecule has 0 radical (unpaired) electrons. The number of nitrogens with zero attached hydrogens (tertiary/aromatic N) is 1. The molecule has 1 aromatic heterocycles. The molecule has 4 heteroatoms. The highest BCUT2D eigenvalue weighted by atomic mass is 16.5. The van der Waals surface area contributed by atoms with Crippen molar-refractivity contribution in [3.63, 3.8) is 0 Å². The van der Waals surface area contributed by atoms with Crippen LogP contribution in [0.2, 0.25) is 0 Å². The summed E-state index contributed by atoms with van der Waals surface area (Å²) in [5.41, 5.74) is 3.66. The Hall–Kier alpha value is -3.14. The summed E-state index contributed by atoms with van der Waals surface area (Å²) < 4.78 is 11.3. The zero-order chi connectivity index (χ0) is 26.1. The number of aromatic nitrogens is 1. The van der Waals surface area contributed by atoms with Gasteiger partial charge in [-0.2, -0.15) is 0 Å². The van der Waals surface area contributed by atoms with Crippen molar-refractivity contribution in [2.75, 3.05) is 6.61 Å². The summed E-state index contributed by atoms with van der Waals surface area (Å²) in [4.78, 5) is 17.1. The minimum Gasteiger partial charge on any atom is -0.492 e. The van der Waals surface area contributed by atoms with Crippen molar-refractivity contribution in [1.82, 2.24) is 4.98 Å². The first-order valence-electron chi connectivity index (χ1n) is 14.2. The van der Waals surface area contributed by atoms with Crippen LogP contribution < -0.4 is 9.47 Å². The number of hydrogen-bond acceptors (Lipinski definition) is 4. The lowest BCUT2D eigenvalue weighted by Crippen LogP contribution is -2.08. The second-order valence-electron chi connectivity index (χ2n) is 9.77. The maximum absolute atomic E-state index is 12.6. The summed E-state index contributed by atoms with van der Waals surface area (Å²) in [6, 6.07) is 19.2. The third kappa shape index (κ3) is 10.4. The summed E-state index contributed by atoms with van der Waals surface area (Å²) in [6.45, 7) is 5.16. The number of unbranched alkanes of at least 4 members (excludes halogenated alkanes) is 9. The van der Waals surface area contributed by atoms with E-state index in [1.807, 2.05) is 48.5 Å². The molecule has 1 heterocycles. The second kappa shape index (κ2) is 16.6. The summed E-state index contributed by atoms with van der Waals surface area (Å²) >= 11 is 0. The lowest BCUT2D eigenvalue weighted by atomic mass is 10.0. The molecule has 37 heavy (non-hydrogen) atoms. The fourth-order valence-electron chi connectivity index (χ4n) is 4.31. The lowest BCUT2D eigenvalue weighted by Gasteiger charge is -2.08. The minimum atomic E-state index is -0.339. The Bertz CT molecular complexity index is 1030. The Labute approximate surface area is 223 Å². The van der Waals surface area contributed by atoms with E-state index in [1.165, 1.54) is 69.8 Å². The molecule has 198 valence electrons. The molecule has 0 bridgehead atoms. The standard InChI is InChI=1S/C33H43NO3/c1-3-5-7-8-9-10-11-12-14-27-15-17-29(18-16-27)33(35)37-30-21-19-28(20-22-30)32-24-23-31(26-34-32)36-25-13-6-4-2/h15-24,26H,3-14,25H2,1-2H3. The van der Waals surface area contributed by atoms with Crippen molar-refractivity contribution in [2.45, 2.75) is 90.9 Å². The van der Waals surface area contributed by atoms with Crippen molar-refractivity contribution in [3.8, 4) is 22.8 Å². The molecular formula is C33H43NO3. The van der Waals surface area contributed by atoms with E-state index >= 15 is 0 Å². The quantitative estimate of drug-likeness (QED) is 0.105. The van der Waals surface area contributed by atoms with Gasteiger partial charge in [-0.15, -0.1) is 0 Å². The highest BCUT2D eigenvalue weighted by Gasteiger charge is 2.09. The van der Waals surface area contributed by atoms with Gasteiger partial charge in [-0.3, -0.25) is 4.98 Å². The van der Waals surface area contributed by atoms with E-state index in [0.29, 0.717) is 11.3 Å². The molecule has 0 aliphatic heterocycles. The molecule has 0 unspecified atom stereocenters. The van der Waals surface area contributed by atoms with Crippen LogP contribution in [0, 0.1) is 0 Å². The number of aryl methyl sites for hydroxylation is 1. The second-order valence-corrected chi connectivity index (χ2v) is 9.77. The van der Waals surface area contributed by atoms with Crippen LogP contribution in [0.25, 0.3) is 11.3 Å². The molecule has 0 N–H and O–H groups in total. The Balaban J connectivity index is 1.41. The maximum Gasteiger partial charge on any atom is 0.343 e. The van der Waals surface area contributed by atoms with Crippen LogP contribution in [-0.4, -0.2) is 17.6 Å². The number of rotatable bonds is 17. The molecule has 2 aromatic carbocycles. The molecule has 0 atom stereocenters. The first-order valence-corrected chi connectivity index (χ1v) is 14.2. The Kier molecular flexibility index (Phi) is 12.7. The molecule has 0 spiro atoms. The maximum atomic E-state index is 12.6. The molecule has 0 saturated carbocycles. The van der Waals surface area contributed by atoms with E-state index < -0.39 is 0 Å². The predicted octanol–water partition coefficient (Wildman–Crippen LogP) is 9.22. The zero-order valence-corrected chi connectivity index (χ0v) is 22.7. The predicted molar refractivity (Wildman–Crippen MR) is 152 cm³/mol. The Morgan fingerprint density at radius 1 is 0.676 bits per heavy atom. The van der Waals surface area contributed by atoms with Crippen LogP contribution >= 0.6 is 0 Å². The molecule has 0 fully saturated rings. The van der Waals surface area contributed by atoms with Gasteiger partial charge in [0.25, 0.3) is 0 Å². The average Bonchev–Trinajstić information content (AvgIpc) is 2.94. The van der Waals surface area contributed by atoms with Crippen LogP contribution in [0.3, 0.4) is 0 Å². The van der Waals surface area contributed by atoms with Crippen LogP contribution in [0.5, 0.6) is 11.5 Å². The number of pyridine rings is 1. The lowest BCUT2D eigenvalue weighted by molar-refractivity contribution is 0.0734. The third-order valence-corrected chi connectivity index (χ3v) is 6.62. The highest BCUT2D eigenvalue weighted by Crippen LogP contribution is 2.23. The van der Waals surface area contributed by atoms with Crippen LogP contribution in [0.4, 0.5) is 0 Å². The van der Waals surface area contributed by atoms with Gasteiger partial charge in [0.05, 0.1) is 24.1 Å². The van der Waals surface area contributed by atoms with E-state index in [1.54, 1.807) is 18.3 Å². The number of hydrogen-bond donors (Lipinski definition) is 0. The number of carbonyl (C=O) groups is 1. The molecule has 4 nitrogen and oxygen atoms in total. The first kappa shape index (κ1) is 28.4. The van der Waals surface area contributed by atoms with Gasteiger partial charge in [0.1, 0.15) is 11.5 Å². The Morgan fingerprint density at radius 3 is 1.95 bits per heavy atom. The van der Waals surface area contributed by atoms with Crippen molar-refractivity contribution in [2.24, 2.45) is 0 Å².